The monoisotopic (exact) mass is 384 g/mol. The molecule has 0 saturated carbocycles. The fourth-order valence-electron chi connectivity index (χ4n) is 2.23. The van der Waals surface area contributed by atoms with Gasteiger partial charge < -0.3 is 15.4 Å². The van der Waals surface area contributed by atoms with Crippen LogP contribution in [0.4, 0.5) is 23.1 Å². The second-order valence-electron chi connectivity index (χ2n) is 5.18. The van der Waals surface area contributed by atoms with E-state index in [0.717, 1.165) is 27.2 Å². The van der Waals surface area contributed by atoms with Crippen molar-refractivity contribution in [1.82, 2.24) is 9.97 Å². The van der Waals surface area contributed by atoms with E-state index < -0.39 is 0 Å². The number of hydrogen-bond donors (Lipinski definition) is 2. The molecule has 122 valence electrons. The fourth-order valence-corrected chi connectivity index (χ4v) is 2.47. The number of nitrogens with one attached hydrogen (secondary N) is 2. The molecule has 0 unspecified atom stereocenters. The van der Waals surface area contributed by atoms with Gasteiger partial charge in [-0.05, 0) is 48.9 Å². The molecule has 3 aromatic rings. The third kappa shape index (κ3) is 3.83. The van der Waals surface area contributed by atoms with Gasteiger partial charge >= 0.3 is 0 Å². The van der Waals surface area contributed by atoms with Crippen LogP contribution in [0.3, 0.4) is 0 Å². The first-order chi connectivity index (χ1) is 11.7. The predicted octanol–water partition coefficient (Wildman–Crippen LogP) is 5.04. The number of rotatable bonds is 5. The van der Waals surface area contributed by atoms with Crippen LogP contribution < -0.4 is 15.4 Å². The zero-order chi connectivity index (χ0) is 16.9. The molecular weight excluding hydrogens is 368 g/mol. The Balaban J connectivity index is 1.80. The normalized spacial score (nSPS) is 10.3. The summed E-state index contributed by atoms with van der Waals surface area (Å²) >= 11 is 3.50. The number of aromatic nitrogens is 2. The van der Waals surface area contributed by atoms with Gasteiger partial charge in [0.05, 0.1) is 12.8 Å². The van der Waals surface area contributed by atoms with Crippen molar-refractivity contribution >= 4 is 39.1 Å². The molecule has 24 heavy (non-hydrogen) atoms. The summed E-state index contributed by atoms with van der Waals surface area (Å²) in [5.41, 5.74) is 2.93. The van der Waals surface area contributed by atoms with Crippen molar-refractivity contribution in [3.05, 3.63) is 64.8 Å². The molecule has 6 heteroatoms. The highest BCUT2D eigenvalue weighted by Crippen LogP contribution is 2.27. The van der Waals surface area contributed by atoms with Crippen molar-refractivity contribution in [1.29, 1.82) is 0 Å². The number of halogens is 1. The van der Waals surface area contributed by atoms with Crippen LogP contribution >= 0.6 is 15.9 Å². The number of hydrogen-bond acceptors (Lipinski definition) is 5. The molecule has 3 rings (SSSR count). The lowest BCUT2D eigenvalue weighted by Gasteiger charge is -2.11. The third-order valence-electron chi connectivity index (χ3n) is 3.44. The van der Waals surface area contributed by atoms with E-state index in [4.69, 9.17) is 4.74 Å². The van der Waals surface area contributed by atoms with Crippen LogP contribution in [-0.4, -0.2) is 17.1 Å². The number of benzene rings is 2. The summed E-state index contributed by atoms with van der Waals surface area (Å²) in [6.45, 7) is 2.04. The Hall–Kier alpha value is -2.60. The van der Waals surface area contributed by atoms with Crippen molar-refractivity contribution in [2.75, 3.05) is 17.7 Å². The van der Waals surface area contributed by atoms with Crippen LogP contribution in [0.1, 0.15) is 5.56 Å². The summed E-state index contributed by atoms with van der Waals surface area (Å²) in [5.74, 6) is 1.97. The van der Waals surface area contributed by atoms with Gasteiger partial charge in [-0.3, -0.25) is 0 Å². The topological polar surface area (TPSA) is 59.1 Å². The minimum absolute atomic E-state index is 0.525. The molecule has 2 aromatic carbocycles. The number of aryl methyl sites for hydroxylation is 1. The van der Waals surface area contributed by atoms with E-state index in [1.54, 1.807) is 13.3 Å². The summed E-state index contributed by atoms with van der Waals surface area (Å²) in [7, 11) is 1.64. The van der Waals surface area contributed by atoms with Crippen LogP contribution in [-0.2, 0) is 0 Å². The zero-order valence-electron chi connectivity index (χ0n) is 13.4. The maximum atomic E-state index is 5.34. The van der Waals surface area contributed by atoms with Gasteiger partial charge in [-0.1, -0.05) is 28.1 Å². The maximum absolute atomic E-state index is 5.34. The Bertz CT molecular complexity index is 854. The molecule has 1 heterocycles. The number of nitrogens with zero attached hydrogens (tertiary/aromatic N) is 2. The van der Waals surface area contributed by atoms with Crippen LogP contribution in [0, 0.1) is 6.92 Å². The predicted molar refractivity (Wildman–Crippen MR) is 100 cm³/mol. The minimum atomic E-state index is 0.525. The standard InChI is InChI=1S/C18H17BrN4O/c1-12-11-13(7-8-14(12)19)21-18-20-10-9-17(23-18)22-15-5-3-4-6-16(15)24-2/h3-11H,1-2H3,(H2,20,21,22,23). The smallest absolute Gasteiger partial charge is 0.229 e. The first-order valence-electron chi connectivity index (χ1n) is 7.42. The Morgan fingerprint density at radius 3 is 2.67 bits per heavy atom. The number of anilines is 4. The summed E-state index contributed by atoms with van der Waals surface area (Å²) in [6, 6.07) is 15.5. The van der Waals surface area contributed by atoms with Gasteiger partial charge in [0.2, 0.25) is 5.95 Å². The first-order valence-corrected chi connectivity index (χ1v) is 8.21. The molecule has 0 aliphatic carbocycles. The highest BCUT2D eigenvalue weighted by Gasteiger charge is 2.05. The Morgan fingerprint density at radius 2 is 1.88 bits per heavy atom. The highest BCUT2D eigenvalue weighted by molar-refractivity contribution is 9.10. The summed E-state index contributed by atoms with van der Waals surface area (Å²) in [4.78, 5) is 8.76. The van der Waals surface area contributed by atoms with Gasteiger partial charge in [0, 0.05) is 16.4 Å². The van der Waals surface area contributed by atoms with Crippen LogP contribution in [0.25, 0.3) is 0 Å². The highest BCUT2D eigenvalue weighted by atomic mass is 79.9. The van der Waals surface area contributed by atoms with Gasteiger partial charge in [-0.25, -0.2) is 4.98 Å². The van der Waals surface area contributed by atoms with E-state index in [2.05, 4.69) is 36.5 Å². The van der Waals surface area contributed by atoms with E-state index in [9.17, 15) is 0 Å². The molecule has 0 radical (unpaired) electrons. The van der Waals surface area contributed by atoms with Gasteiger partial charge in [0.25, 0.3) is 0 Å². The van der Waals surface area contributed by atoms with Crippen molar-refractivity contribution in [2.24, 2.45) is 0 Å². The Morgan fingerprint density at radius 1 is 1.04 bits per heavy atom. The molecule has 0 amide bonds. The molecular formula is C18H17BrN4O. The number of methoxy groups -OCH3 is 1. The van der Waals surface area contributed by atoms with Crippen molar-refractivity contribution in [2.45, 2.75) is 6.92 Å². The van der Waals surface area contributed by atoms with Crippen LogP contribution in [0.15, 0.2) is 59.2 Å². The second-order valence-corrected chi connectivity index (χ2v) is 6.03. The van der Waals surface area contributed by atoms with Gasteiger partial charge in [-0.15, -0.1) is 0 Å². The minimum Gasteiger partial charge on any atom is -0.495 e. The molecule has 0 atom stereocenters. The summed E-state index contributed by atoms with van der Waals surface area (Å²) in [6.07, 6.45) is 1.71. The van der Waals surface area contributed by atoms with Gasteiger partial charge in [0.15, 0.2) is 0 Å². The van der Waals surface area contributed by atoms with Crippen molar-refractivity contribution in [3.8, 4) is 5.75 Å². The van der Waals surface area contributed by atoms with Crippen molar-refractivity contribution in [3.63, 3.8) is 0 Å². The largest absolute Gasteiger partial charge is 0.495 e. The number of ether oxygens (including phenoxy) is 1. The van der Waals surface area contributed by atoms with E-state index >= 15 is 0 Å². The summed E-state index contributed by atoms with van der Waals surface area (Å²) < 4.78 is 6.41. The SMILES string of the molecule is COc1ccccc1Nc1ccnc(Nc2ccc(Br)c(C)c2)n1. The molecule has 0 spiro atoms. The van der Waals surface area contributed by atoms with Crippen LogP contribution in [0.5, 0.6) is 5.75 Å². The van der Waals surface area contributed by atoms with E-state index in [1.807, 2.05) is 55.5 Å². The molecule has 1 aromatic heterocycles. The van der Waals surface area contributed by atoms with E-state index in [0.29, 0.717) is 11.8 Å². The second kappa shape index (κ2) is 7.31. The lowest BCUT2D eigenvalue weighted by Crippen LogP contribution is -2.01. The summed E-state index contributed by atoms with van der Waals surface area (Å²) in [5, 5.41) is 6.46. The molecule has 0 aliphatic heterocycles. The van der Waals surface area contributed by atoms with Gasteiger partial charge in [-0.2, -0.15) is 4.98 Å². The average Bonchev–Trinajstić information content (AvgIpc) is 2.59. The Labute approximate surface area is 149 Å². The zero-order valence-corrected chi connectivity index (χ0v) is 15.0. The molecule has 2 N–H and O–H groups in total. The maximum Gasteiger partial charge on any atom is 0.229 e. The lowest BCUT2D eigenvalue weighted by molar-refractivity contribution is 0.417. The molecule has 5 nitrogen and oxygen atoms in total. The van der Waals surface area contributed by atoms with E-state index in [-0.39, 0.29) is 0 Å². The average molecular weight is 385 g/mol. The lowest BCUT2D eigenvalue weighted by atomic mass is 10.2. The molecule has 0 fully saturated rings. The van der Waals surface area contributed by atoms with Crippen LogP contribution in [0.2, 0.25) is 0 Å². The first kappa shape index (κ1) is 16.3. The van der Waals surface area contributed by atoms with Gasteiger partial charge in [0.1, 0.15) is 11.6 Å². The quantitative estimate of drug-likeness (QED) is 0.644. The third-order valence-corrected chi connectivity index (χ3v) is 4.33. The fraction of sp³-hybridized carbons (Fsp3) is 0.111. The number of para-hydroxylation sites is 2. The Kier molecular flexibility index (Phi) is 4.96. The molecule has 0 bridgehead atoms. The van der Waals surface area contributed by atoms with E-state index in [1.165, 1.54) is 0 Å². The van der Waals surface area contributed by atoms with Crippen molar-refractivity contribution < 1.29 is 4.74 Å². The molecule has 0 aliphatic rings. The molecule has 0 saturated heterocycles.